The minimum Gasteiger partial charge on any atom is -0.477 e. The fourth-order valence-electron chi connectivity index (χ4n) is 3.72. The Morgan fingerprint density at radius 3 is 1.62 bits per heavy atom. The summed E-state index contributed by atoms with van der Waals surface area (Å²) in [5.74, 6) is -0.281. The Hall–Kier alpha value is -4.60. The van der Waals surface area contributed by atoms with Crippen LogP contribution in [0.15, 0.2) is 61.4 Å². The predicted molar refractivity (Wildman–Crippen MR) is 133 cm³/mol. The van der Waals surface area contributed by atoms with Crippen molar-refractivity contribution in [2.45, 2.75) is 37.5 Å². The van der Waals surface area contributed by atoms with Gasteiger partial charge in [0, 0.05) is 46.7 Å². The van der Waals surface area contributed by atoms with Gasteiger partial charge in [0.15, 0.2) is 11.4 Å². The van der Waals surface area contributed by atoms with E-state index in [-0.39, 0.29) is 11.4 Å². The van der Waals surface area contributed by atoms with Gasteiger partial charge in [0.05, 0.1) is 18.5 Å². The molecule has 2 fully saturated rings. The average molecular weight is 497 g/mol. The molecule has 37 heavy (non-hydrogen) atoms. The molecule has 2 aliphatic rings. The maximum Gasteiger partial charge on any atom is 0.356 e. The van der Waals surface area contributed by atoms with Crippen molar-refractivity contribution in [3.8, 4) is 22.5 Å². The number of esters is 1. The zero-order valence-corrected chi connectivity index (χ0v) is 20.1. The molecule has 2 saturated carbocycles. The molecule has 0 spiro atoms. The van der Waals surface area contributed by atoms with Crippen LogP contribution in [-0.2, 0) is 4.74 Å². The topological polar surface area (TPSA) is 141 Å². The fraction of sp³-hybridized carbons (Fsp3) is 0.259. The fourth-order valence-corrected chi connectivity index (χ4v) is 3.72. The van der Waals surface area contributed by atoms with Gasteiger partial charge in [-0.3, -0.25) is 9.97 Å². The van der Waals surface area contributed by atoms with Gasteiger partial charge in [-0.1, -0.05) is 0 Å². The Labute approximate surface area is 212 Å². The van der Waals surface area contributed by atoms with Gasteiger partial charge in [-0.15, -0.1) is 0 Å². The molecular weight excluding hydrogens is 472 g/mol. The molecule has 0 amide bonds. The van der Waals surface area contributed by atoms with E-state index < -0.39 is 11.9 Å². The van der Waals surface area contributed by atoms with Crippen molar-refractivity contribution in [2.24, 2.45) is 0 Å². The molecule has 10 heteroatoms. The molecule has 0 radical (unpaired) electrons. The van der Waals surface area contributed by atoms with Crippen molar-refractivity contribution in [3.05, 3.63) is 84.2 Å². The van der Waals surface area contributed by atoms with E-state index >= 15 is 0 Å². The highest BCUT2D eigenvalue weighted by molar-refractivity contribution is 5.88. The first-order chi connectivity index (χ1) is 18.0. The van der Waals surface area contributed by atoms with E-state index in [0.717, 1.165) is 22.5 Å². The number of carboxylic acids is 1. The van der Waals surface area contributed by atoms with E-state index in [1.54, 1.807) is 18.5 Å². The summed E-state index contributed by atoms with van der Waals surface area (Å²) in [7, 11) is 1.33. The summed E-state index contributed by atoms with van der Waals surface area (Å²) < 4.78 is 4.64. The lowest BCUT2D eigenvalue weighted by Gasteiger charge is -2.03. The molecule has 4 aromatic heterocycles. The summed E-state index contributed by atoms with van der Waals surface area (Å²) in [6.45, 7) is 0. The van der Waals surface area contributed by atoms with Crippen molar-refractivity contribution in [3.63, 3.8) is 0 Å². The molecule has 4 aromatic rings. The number of carbonyl (C=O) groups is 2. The van der Waals surface area contributed by atoms with E-state index in [9.17, 15) is 9.59 Å². The lowest BCUT2D eigenvalue weighted by molar-refractivity contribution is 0.0593. The highest BCUT2D eigenvalue weighted by Crippen LogP contribution is 2.39. The number of rotatable bonds is 6. The van der Waals surface area contributed by atoms with Crippen molar-refractivity contribution in [1.29, 1.82) is 0 Å². The largest absolute Gasteiger partial charge is 0.477 e. The monoisotopic (exact) mass is 496 g/mol. The number of carbonyl (C=O) groups excluding carboxylic acids is 1. The second-order valence-corrected chi connectivity index (χ2v) is 8.87. The lowest BCUT2D eigenvalue weighted by Crippen LogP contribution is -2.04. The molecule has 0 atom stereocenters. The van der Waals surface area contributed by atoms with Gasteiger partial charge in [0.2, 0.25) is 0 Å². The molecule has 0 bridgehead atoms. The van der Waals surface area contributed by atoms with E-state index in [1.165, 1.54) is 51.5 Å². The van der Waals surface area contributed by atoms with Crippen LogP contribution in [0.3, 0.4) is 0 Å². The number of hydrogen-bond acceptors (Lipinski definition) is 9. The Morgan fingerprint density at radius 1 is 0.730 bits per heavy atom. The van der Waals surface area contributed by atoms with Crippen LogP contribution < -0.4 is 0 Å². The van der Waals surface area contributed by atoms with Crippen molar-refractivity contribution in [1.82, 2.24) is 29.9 Å². The first-order valence-electron chi connectivity index (χ1n) is 11.9. The van der Waals surface area contributed by atoms with Crippen molar-refractivity contribution in [2.75, 3.05) is 7.11 Å². The maximum absolute atomic E-state index is 11.4. The Balaban J connectivity index is 0.000000152. The average Bonchev–Trinajstić information content (AvgIpc) is 3.87. The van der Waals surface area contributed by atoms with Crippen LogP contribution in [0.25, 0.3) is 22.5 Å². The van der Waals surface area contributed by atoms with Crippen LogP contribution in [0.2, 0.25) is 0 Å². The van der Waals surface area contributed by atoms with Crippen LogP contribution in [0.5, 0.6) is 0 Å². The van der Waals surface area contributed by atoms with Crippen molar-refractivity contribution < 1.29 is 19.4 Å². The molecule has 4 heterocycles. The van der Waals surface area contributed by atoms with Crippen LogP contribution in [-0.4, -0.2) is 54.1 Å². The Morgan fingerprint density at radius 2 is 1.22 bits per heavy atom. The summed E-state index contributed by atoms with van der Waals surface area (Å²) in [5, 5.41) is 8.88. The van der Waals surface area contributed by atoms with Crippen LogP contribution in [0.1, 0.15) is 69.9 Å². The first-order valence-corrected chi connectivity index (χ1v) is 11.9. The molecule has 0 aliphatic heterocycles. The molecule has 186 valence electrons. The van der Waals surface area contributed by atoms with Gasteiger partial charge in [-0.05, 0) is 62.1 Å². The van der Waals surface area contributed by atoms with Gasteiger partial charge in [-0.25, -0.2) is 29.5 Å². The van der Waals surface area contributed by atoms with Gasteiger partial charge >= 0.3 is 11.9 Å². The SMILES string of the molecule is COC(=O)c1cc(-c2ccc(C3CC3)nc2)ncn1.O=C(O)c1cc(-c2ccc(C3CC3)nc2)ncn1. The summed E-state index contributed by atoms with van der Waals surface area (Å²) >= 11 is 0. The number of carboxylic acid groups (broad SMARTS) is 1. The van der Waals surface area contributed by atoms with E-state index in [2.05, 4.69) is 34.6 Å². The predicted octanol–water partition coefficient (Wildman–Crippen LogP) is 4.32. The lowest BCUT2D eigenvalue weighted by atomic mass is 10.1. The molecule has 0 unspecified atom stereocenters. The van der Waals surface area contributed by atoms with Crippen LogP contribution in [0, 0.1) is 0 Å². The summed E-state index contributed by atoms with van der Waals surface area (Å²) in [6, 6.07) is 11.0. The zero-order valence-electron chi connectivity index (χ0n) is 20.1. The molecule has 0 aromatic carbocycles. The summed E-state index contributed by atoms with van der Waals surface area (Å²) in [4.78, 5) is 46.9. The normalized spacial score (nSPS) is 14.3. The minimum atomic E-state index is -1.05. The number of nitrogens with zero attached hydrogens (tertiary/aromatic N) is 6. The molecule has 1 N–H and O–H groups in total. The number of aromatic nitrogens is 6. The van der Waals surface area contributed by atoms with Gasteiger partial charge < -0.3 is 9.84 Å². The minimum absolute atomic E-state index is 0.00808. The highest BCUT2D eigenvalue weighted by atomic mass is 16.5. The van der Waals surface area contributed by atoms with Gasteiger partial charge in [0.25, 0.3) is 0 Å². The molecular formula is C27H24N6O4. The summed E-state index contributed by atoms with van der Waals surface area (Å²) in [6.07, 6.45) is 11.0. The van der Waals surface area contributed by atoms with Crippen molar-refractivity contribution >= 4 is 11.9 Å². The number of methoxy groups -OCH3 is 1. The third-order valence-electron chi connectivity index (χ3n) is 6.10. The molecule has 2 aliphatic carbocycles. The molecule has 10 nitrogen and oxygen atoms in total. The first kappa shape index (κ1) is 24.1. The highest BCUT2D eigenvalue weighted by Gasteiger charge is 2.25. The van der Waals surface area contributed by atoms with E-state index in [1.807, 2.05) is 24.3 Å². The van der Waals surface area contributed by atoms with Crippen LogP contribution in [0.4, 0.5) is 0 Å². The number of hydrogen-bond donors (Lipinski definition) is 1. The van der Waals surface area contributed by atoms with Crippen LogP contribution >= 0.6 is 0 Å². The van der Waals surface area contributed by atoms with Gasteiger partial charge in [0.1, 0.15) is 12.7 Å². The smallest absolute Gasteiger partial charge is 0.356 e. The number of aromatic carboxylic acids is 1. The third kappa shape index (κ3) is 5.97. The second-order valence-electron chi connectivity index (χ2n) is 8.87. The number of pyridine rings is 2. The Bertz CT molecular complexity index is 1420. The maximum atomic E-state index is 11.4. The zero-order chi connectivity index (χ0) is 25.8. The molecule has 6 rings (SSSR count). The quantitative estimate of drug-likeness (QED) is 0.384. The van der Waals surface area contributed by atoms with Gasteiger partial charge in [-0.2, -0.15) is 0 Å². The second kappa shape index (κ2) is 10.6. The van der Waals surface area contributed by atoms with E-state index in [0.29, 0.717) is 23.2 Å². The molecule has 0 saturated heterocycles. The standard InChI is InChI=1S/C14H13N3O2.C13H11N3O2/c1-19-14(18)13-6-12(16-8-17-13)10-4-5-11(15-7-10)9-2-3-9;17-13(18)12-5-11(15-7-16-12)9-3-4-10(14-6-9)8-1-2-8/h4-9H,2-3H2,1H3;3-8H,1-2H2,(H,17,18). The Kier molecular flexibility index (Phi) is 6.89. The van der Waals surface area contributed by atoms with E-state index in [4.69, 9.17) is 5.11 Å². The summed E-state index contributed by atoms with van der Waals surface area (Å²) in [5.41, 5.74) is 5.41. The third-order valence-corrected chi connectivity index (χ3v) is 6.10. The number of ether oxygens (including phenoxy) is 1.